The first-order valence-corrected chi connectivity index (χ1v) is 8.97. The van der Waals surface area contributed by atoms with Crippen LogP contribution in [0.2, 0.25) is 0 Å². The lowest BCUT2D eigenvalue weighted by atomic mass is 9.81. The number of fused-ring (bicyclic) bond motifs is 1. The Morgan fingerprint density at radius 2 is 1.67 bits per heavy atom. The van der Waals surface area contributed by atoms with E-state index in [2.05, 4.69) is 82.2 Å². The number of nitrogens with one attached hydrogen (secondary N) is 2. The lowest BCUT2D eigenvalue weighted by Crippen LogP contribution is -2.58. The zero-order valence-corrected chi connectivity index (χ0v) is 16.0. The van der Waals surface area contributed by atoms with Gasteiger partial charge in [0.25, 0.3) is 0 Å². The maximum absolute atomic E-state index is 5.18. The van der Waals surface area contributed by atoms with Crippen molar-refractivity contribution in [1.29, 1.82) is 0 Å². The molecule has 0 radical (unpaired) electrons. The number of H-pyrrole nitrogens is 1. The number of nitrogens with zero attached hydrogens (tertiary/aromatic N) is 1. The molecule has 1 aliphatic rings. The van der Waals surface area contributed by atoms with Gasteiger partial charge in [0, 0.05) is 47.3 Å². The molecule has 2 heterocycles. The zero-order valence-electron chi connectivity index (χ0n) is 16.0. The quantitative estimate of drug-likeness (QED) is 0.830. The second-order valence-corrected chi connectivity index (χ2v) is 9.30. The van der Waals surface area contributed by atoms with E-state index < -0.39 is 0 Å². The van der Waals surface area contributed by atoms with Gasteiger partial charge in [-0.25, -0.2) is 0 Å². The van der Waals surface area contributed by atoms with E-state index in [1.54, 1.807) is 0 Å². The van der Waals surface area contributed by atoms with E-state index in [9.17, 15) is 0 Å². The van der Waals surface area contributed by atoms with Crippen LogP contribution >= 0.6 is 0 Å². The molecule has 1 aromatic carbocycles. The van der Waals surface area contributed by atoms with Gasteiger partial charge in [-0.05, 0) is 59.1 Å². The number of hydrogen-bond acceptors (Lipinski definition) is 2. The molecular weight excluding hydrogens is 294 g/mol. The van der Waals surface area contributed by atoms with Crippen molar-refractivity contribution >= 4 is 16.6 Å². The third-order valence-electron chi connectivity index (χ3n) is 4.64. The molecule has 24 heavy (non-hydrogen) atoms. The molecule has 0 amide bonds. The van der Waals surface area contributed by atoms with Crippen LogP contribution in [0.25, 0.3) is 10.9 Å². The predicted molar refractivity (Wildman–Crippen MR) is 104 cm³/mol. The monoisotopic (exact) mass is 325 g/mol. The first-order chi connectivity index (χ1) is 11.0. The Morgan fingerprint density at radius 3 is 2.29 bits per heavy atom. The predicted octanol–water partition coefficient (Wildman–Crippen LogP) is 4.87. The molecule has 2 aromatic rings. The molecule has 130 valence electrons. The Hall–Kier alpha value is -1.61. The minimum atomic E-state index is -0.0975. The highest BCUT2D eigenvalue weighted by molar-refractivity contribution is 5.88. The van der Waals surface area contributed by atoms with Crippen molar-refractivity contribution < 1.29 is 0 Å². The number of hydrogen-bond donors (Lipinski definition) is 2. The zero-order chi connectivity index (χ0) is 17.6. The van der Waals surface area contributed by atoms with E-state index in [0.29, 0.717) is 0 Å². The molecule has 0 saturated carbocycles. The summed E-state index contributed by atoms with van der Waals surface area (Å²) in [7, 11) is 0. The standard InChI is InChI=1S/C21H31N3/c1-19(2,12-16-11-15-9-7-8-10-18(15)22-16)23-17-13-20(3,4)24-21(5,6)14-17/h7-11,22,24H,12-14H2,1-6H3. The molecule has 3 heteroatoms. The van der Waals surface area contributed by atoms with Crippen molar-refractivity contribution in [2.24, 2.45) is 4.99 Å². The number of aromatic amines is 1. The van der Waals surface area contributed by atoms with Crippen LogP contribution in [-0.4, -0.2) is 27.3 Å². The van der Waals surface area contributed by atoms with Crippen molar-refractivity contribution in [1.82, 2.24) is 10.3 Å². The van der Waals surface area contributed by atoms with Crippen molar-refractivity contribution in [3.05, 3.63) is 36.0 Å². The molecule has 2 N–H and O–H groups in total. The smallest absolute Gasteiger partial charge is 0.0605 e. The average molecular weight is 326 g/mol. The third-order valence-corrected chi connectivity index (χ3v) is 4.64. The molecule has 3 nitrogen and oxygen atoms in total. The Bertz CT molecular complexity index is 711. The fourth-order valence-corrected chi connectivity index (χ4v) is 4.33. The van der Waals surface area contributed by atoms with Gasteiger partial charge in [0.2, 0.25) is 0 Å². The van der Waals surface area contributed by atoms with Crippen LogP contribution < -0.4 is 5.32 Å². The summed E-state index contributed by atoms with van der Waals surface area (Å²) in [6, 6.07) is 10.7. The number of para-hydroxylation sites is 1. The Balaban J connectivity index is 1.81. The molecule has 1 aliphatic heterocycles. The van der Waals surface area contributed by atoms with Gasteiger partial charge in [0.15, 0.2) is 0 Å². The first-order valence-electron chi connectivity index (χ1n) is 8.97. The maximum Gasteiger partial charge on any atom is 0.0605 e. The van der Waals surface area contributed by atoms with Crippen LogP contribution in [0.5, 0.6) is 0 Å². The van der Waals surface area contributed by atoms with E-state index >= 15 is 0 Å². The Morgan fingerprint density at radius 1 is 1.04 bits per heavy atom. The number of benzene rings is 1. The van der Waals surface area contributed by atoms with Gasteiger partial charge in [-0.1, -0.05) is 18.2 Å². The van der Waals surface area contributed by atoms with Gasteiger partial charge >= 0.3 is 0 Å². The molecule has 1 fully saturated rings. The van der Waals surface area contributed by atoms with Gasteiger partial charge in [-0.3, -0.25) is 4.99 Å². The Labute approximate surface area is 146 Å². The van der Waals surface area contributed by atoms with Crippen LogP contribution in [0.4, 0.5) is 0 Å². The van der Waals surface area contributed by atoms with Gasteiger partial charge < -0.3 is 10.3 Å². The summed E-state index contributed by atoms with van der Waals surface area (Å²) in [6.07, 6.45) is 2.97. The first kappa shape index (κ1) is 17.2. The lowest BCUT2D eigenvalue weighted by Gasteiger charge is -2.44. The number of rotatable bonds is 3. The summed E-state index contributed by atoms with van der Waals surface area (Å²) in [5.74, 6) is 0. The second kappa shape index (κ2) is 5.73. The molecule has 1 aromatic heterocycles. The van der Waals surface area contributed by atoms with Gasteiger partial charge in [0.1, 0.15) is 0 Å². The molecule has 0 atom stereocenters. The lowest BCUT2D eigenvalue weighted by molar-refractivity contribution is 0.250. The van der Waals surface area contributed by atoms with E-state index in [-0.39, 0.29) is 16.6 Å². The molecule has 0 bridgehead atoms. The molecule has 0 aliphatic carbocycles. The summed E-state index contributed by atoms with van der Waals surface area (Å²) >= 11 is 0. The largest absolute Gasteiger partial charge is 0.358 e. The van der Waals surface area contributed by atoms with Crippen molar-refractivity contribution in [2.45, 2.75) is 77.4 Å². The summed E-state index contributed by atoms with van der Waals surface area (Å²) in [4.78, 5) is 8.72. The van der Waals surface area contributed by atoms with Gasteiger partial charge in [0.05, 0.1) is 5.54 Å². The number of aliphatic imine (C=N–C) groups is 1. The summed E-state index contributed by atoms with van der Waals surface area (Å²) in [5.41, 5.74) is 3.93. The topological polar surface area (TPSA) is 40.2 Å². The van der Waals surface area contributed by atoms with Crippen molar-refractivity contribution in [3.63, 3.8) is 0 Å². The fraction of sp³-hybridized carbons (Fsp3) is 0.571. The van der Waals surface area contributed by atoms with Crippen LogP contribution in [0, 0.1) is 0 Å². The highest BCUT2D eigenvalue weighted by Gasteiger charge is 2.36. The minimum Gasteiger partial charge on any atom is -0.358 e. The SMILES string of the molecule is CC(C)(Cc1cc2ccccc2[nH]1)N=C1CC(C)(C)NC(C)(C)C1. The maximum atomic E-state index is 5.18. The summed E-state index contributed by atoms with van der Waals surface area (Å²) in [5, 5.41) is 5.01. The highest BCUT2D eigenvalue weighted by Crippen LogP contribution is 2.29. The number of aromatic nitrogens is 1. The fourth-order valence-electron chi connectivity index (χ4n) is 4.33. The average Bonchev–Trinajstić information content (AvgIpc) is 2.74. The molecule has 0 spiro atoms. The van der Waals surface area contributed by atoms with Crippen molar-refractivity contribution in [2.75, 3.05) is 0 Å². The van der Waals surface area contributed by atoms with Crippen molar-refractivity contribution in [3.8, 4) is 0 Å². The van der Waals surface area contributed by atoms with Gasteiger partial charge in [-0.2, -0.15) is 0 Å². The van der Waals surface area contributed by atoms with E-state index in [1.807, 2.05) is 0 Å². The van der Waals surface area contributed by atoms with E-state index in [4.69, 9.17) is 4.99 Å². The van der Waals surface area contributed by atoms with Gasteiger partial charge in [-0.15, -0.1) is 0 Å². The molecule has 1 saturated heterocycles. The van der Waals surface area contributed by atoms with Crippen LogP contribution in [0.3, 0.4) is 0 Å². The highest BCUT2D eigenvalue weighted by atomic mass is 15.1. The Kier molecular flexibility index (Phi) is 4.11. The molecule has 0 unspecified atom stereocenters. The normalized spacial score (nSPS) is 20.3. The van der Waals surface area contributed by atoms with Crippen LogP contribution in [0.1, 0.15) is 60.1 Å². The van der Waals surface area contributed by atoms with E-state index in [1.165, 1.54) is 22.3 Å². The molecule has 3 rings (SSSR count). The second-order valence-electron chi connectivity index (χ2n) is 9.30. The third kappa shape index (κ3) is 4.07. The van der Waals surface area contributed by atoms with Crippen LogP contribution in [-0.2, 0) is 6.42 Å². The molecular formula is C21H31N3. The minimum absolute atomic E-state index is 0.0975. The van der Waals surface area contributed by atoms with E-state index in [0.717, 1.165) is 19.3 Å². The van der Waals surface area contributed by atoms with Crippen LogP contribution in [0.15, 0.2) is 35.3 Å². The summed E-state index contributed by atoms with van der Waals surface area (Å²) in [6.45, 7) is 13.6. The summed E-state index contributed by atoms with van der Waals surface area (Å²) < 4.78 is 0. The number of piperidine rings is 1.